The third-order valence-electron chi connectivity index (χ3n) is 4.06. The number of benzene rings is 1. The van der Waals surface area contributed by atoms with Crippen molar-refractivity contribution in [3.05, 3.63) is 34.1 Å². The highest BCUT2D eigenvalue weighted by molar-refractivity contribution is 14.0. The van der Waals surface area contributed by atoms with Gasteiger partial charge in [-0.1, -0.05) is 6.07 Å². The van der Waals surface area contributed by atoms with Crippen molar-refractivity contribution in [1.82, 2.24) is 15.5 Å². The van der Waals surface area contributed by atoms with E-state index in [1.54, 1.807) is 6.07 Å². The van der Waals surface area contributed by atoms with Gasteiger partial charge in [0.15, 0.2) is 5.96 Å². The number of piperidine rings is 1. The van der Waals surface area contributed by atoms with Crippen LogP contribution < -0.4 is 16.4 Å². The minimum atomic E-state index is -0.289. The lowest BCUT2D eigenvalue weighted by Crippen LogP contribution is -2.49. The van der Waals surface area contributed by atoms with Crippen LogP contribution in [0.4, 0.5) is 4.39 Å². The largest absolute Gasteiger partial charge is 0.369 e. The maximum atomic E-state index is 13.6. The summed E-state index contributed by atoms with van der Waals surface area (Å²) >= 11 is 3.15. The first-order chi connectivity index (χ1) is 12.0. The van der Waals surface area contributed by atoms with Crippen LogP contribution in [0.3, 0.4) is 0 Å². The molecule has 4 N–H and O–H groups in total. The SMILES string of the molecule is CCNC(=NCc1ccc(Br)c(F)c1)NC1CCN(CC(N)=O)CC1.I. The molecule has 1 aliphatic rings. The number of rotatable bonds is 6. The van der Waals surface area contributed by atoms with E-state index in [9.17, 15) is 9.18 Å². The van der Waals surface area contributed by atoms with E-state index >= 15 is 0 Å². The molecule has 1 fully saturated rings. The first-order valence-electron chi connectivity index (χ1n) is 8.47. The predicted octanol–water partition coefficient (Wildman–Crippen LogP) is 2.21. The van der Waals surface area contributed by atoms with Crippen LogP contribution >= 0.6 is 39.9 Å². The monoisotopic (exact) mass is 541 g/mol. The standard InChI is InChI=1S/C17H25BrFN5O.HI/c1-2-21-17(22-10-12-3-4-14(18)15(19)9-12)23-13-5-7-24(8-6-13)11-16(20)25;/h3-4,9,13H,2,5-8,10-11H2,1H3,(H2,20,25)(H2,21,22,23);1H. The number of nitrogens with two attached hydrogens (primary N) is 1. The van der Waals surface area contributed by atoms with Crippen molar-refractivity contribution in [3.8, 4) is 0 Å². The van der Waals surface area contributed by atoms with Crippen molar-refractivity contribution in [3.63, 3.8) is 0 Å². The third-order valence-corrected chi connectivity index (χ3v) is 4.70. The highest BCUT2D eigenvalue weighted by Crippen LogP contribution is 2.17. The Hall–Kier alpha value is -0.940. The maximum Gasteiger partial charge on any atom is 0.231 e. The van der Waals surface area contributed by atoms with Gasteiger partial charge in [0, 0.05) is 25.7 Å². The molecule has 1 heterocycles. The number of halogens is 3. The minimum Gasteiger partial charge on any atom is -0.369 e. The zero-order valence-corrected chi connectivity index (χ0v) is 18.7. The lowest BCUT2D eigenvalue weighted by Gasteiger charge is -2.32. The Labute approximate surface area is 179 Å². The summed E-state index contributed by atoms with van der Waals surface area (Å²) in [5.41, 5.74) is 6.05. The van der Waals surface area contributed by atoms with E-state index in [-0.39, 0.29) is 35.7 Å². The van der Waals surface area contributed by atoms with Gasteiger partial charge in [0.25, 0.3) is 0 Å². The Morgan fingerprint density at radius 2 is 2.12 bits per heavy atom. The topological polar surface area (TPSA) is 82.8 Å². The number of primary amides is 1. The van der Waals surface area contributed by atoms with Gasteiger partial charge in [0.2, 0.25) is 5.91 Å². The molecule has 0 unspecified atom stereocenters. The summed E-state index contributed by atoms with van der Waals surface area (Å²) in [6, 6.07) is 5.32. The smallest absolute Gasteiger partial charge is 0.231 e. The molecule has 9 heteroatoms. The van der Waals surface area contributed by atoms with Crippen LogP contribution in [0, 0.1) is 5.82 Å². The average molecular weight is 542 g/mol. The fourth-order valence-corrected chi connectivity index (χ4v) is 3.02. The van der Waals surface area contributed by atoms with Gasteiger partial charge < -0.3 is 16.4 Å². The fraction of sp³-hybridized carbons (Fsp3) is 0.529. The molecule has 146 valence electrons. The lowest BCUT2D eigenvalue weighted by atomic mass is 10.1. The third kappa shape index (κ3) is 7.75. The molecule has 26 heavy (non-hydrogen) atoms. The predicted molar refractivity (Wildman–Crippen MR) is 116 cm³/mol. The summed E-state index contributed by atoms with van der Waals surface area (Å²) in [5, 5.41) is 6.64. The normalized spacial score (nSPS) is 16.0. The molecular formula is C17H26BrFIN5O. The molecule has 0 spiro atoms. The quantitative estimate of drug-likeness (QED) is 0.293. The molecule has 0 bridgehead atoms. The van der Waals surface area contributed by atoms with E-state index in [2.05, 4.69) is 36.5 Å². The highest BCUT2D eigenvalue weighted by Gasteiger charge is 2.20. The van der Waals surface area contributed by atoms with Gasteiger partial charge in [-0.05, 0) is 53.4 Å². The molecule has 1 amide bonds. The molecule has 1 saturated heterocycles. The first kappa shape index (κ1) is 23.1. The van der Waals surface area contributed by atoms with Crippen molar-refractivity contribution >= 4 is 51.8 Å². The summed E-state index contributed by atoms with van der Waals surface area (Å²) < 4.78 is 14.0. The zero-order chi connectivity index (χ0) is 18.2. The molecular weight excluding hydrogens is 516 g/mol. The number of carbonyl (C=O) groups excluding carboxylic acids is 1. The molecule has 1 aromatic carbocycles. The van der Waals surface area contributed by atoms with Crippen molar-refractivity contribution in [1.29, 1.82) is 0 Å². The molecule has 2 rings (SSSR count). The van der Waals surface area contributed by atoms with Crippen molar-refractivity contribution < 1.29 is 9.18 Å². The van der Waals surface area contributed by atoms with Crippen LogP contribution in [-0.2, 0) is 11.3 Å². The van der Waals surface area contributed by atoms with Crippen LogP contribution in [0.5, 0.6) is 0 Å². The van der Waals surface area contributed by atoms with E-state index in [0.29, 0.717) is 23.6 Å². The van der Waals surface area contributed by atoms with E-state index in [1.807, 2.05) is 13.0 Å². The number of likely N-dealkylation sites (tertiary alicyclic amines) is 1. The Balaban J connectivity index is 0.00000338. The fourth-order valence-electron chi connectivity index (χ4n) is 2.78. The van der Waals surface area contributed by atoms with Gasteiger partial charge in [-0.2, -0.15) is 0 Å². The van der Waals surface area contributed by atoms with Crippen LogP contribution in [0.15, 0.2) is 27.7 Å². The zero-order valence-electron chi connectivity index (χ0n) is 14.8. The van der Waals surface area contributed by atoms with Crippen LogP contribution in [-0.4, -0.2) is 49.0 Å². The van der Waals surface area contributed by atoms with Gasteiger partial charge in [0.1, 0.15) is 5.82 Å². The summed E-state index contributed by atoms with van der Waals surface area (Å²) in [6.07, 6.45) is 1.84. The second-order valence-electron chi connectivity index (χ2n) is 6.10. The van der Waals surface area contributed by atoms with Gasteiger partial charge in [-0.25, -0.2) is 9.38 Å². The van der Waals surface area contributed by atoms with Crippen LogP contribution in [0.2, 0.25) is 0 Å². The number of aliphatic imine (C=N–C) groups is 1. The Morgan fingerprint density at radius 1 is 1.42 bits per heavy atom. The first-order valence-corrected chi connectivity index (χ1v) is 9.26. The second kappa shape index (κ2) is 11.7. The minimum absolute atomic E-state index is 0. The maximum absolute atomic E-state index is 13.6. The molecule has 0 atom stereocenters. The van der Waals surface area contributed by atoms with Crippen molar-refractivity contribution in [2.45, 2.75) is 32.4 Å². The Morgan fingerprint density at radius 3 is 2.69 bits per heavy atom. The van der Waals surface area contributed by atoms with Gasteiger partial charge in [-0.3, -0.25) is 9.69 Å². The molecule has 6 nitrogen and oxygen atoms in total. The van der Waals surface area contributed by atoms with E-state index in [0.717, 1.165) is 44.0 Å². The number of nitrogens with one attached hydrogen (secondary N) is 2. The highest BCUT2D eigenvalue weighted by atomic mass is 127. The summed E-state index contributed by atoms with van der Waals surface area (Å²) in [5.74, 6) is 0.148. The van der Waals surface area contributed by atoms with Gasteiger partial charge >= 0.3 is 0 Å². The van der Waals surface area contributed by atoms with Crippen molar-refractivity contribution in [2.24, 2.45) is 10.7 Å². The number of nitrogens with zero attached hydrogens (tertiary/aromatic N) is 2. The van der Waals surface area contributed by atoms with Crippen molar-refractivity contribution in [2.75, 3.05) is 26.2 Å². The molecule has 0 saturated carbocycles. The van der Waals surface area contributed by atoms with Gasteiger partial charge in [0.05, 0.1) is 17.6 Å². The number of carbonyl (C=O) groups is 1. The number of guanidine groups is 1. The second-order valence-corrected chi connectivity index (χ2v) is 6.96. The summed E-state index contributed by atoms with van der Waals surface area (Å²) in [6.45, 7) is 5.14. The van der Waals surface area contributed by atoms with Crippen LogP contribution in [0.25, 0.3) is 0 Å². The Kier molecular flexibility index (Phi) is 10.4. The molecule has 1 aliphatic heterocycles. The lowest BCUT2D eigenvalue weighted by molar-refractivity contribution is -0.119. The van der Waals surface area contributed by atoms with E-state index < -0.39 is 0 Å². The number of hydrogen-bond acceptors (Lipinski definition) is 3. The average Bonchev–Trinajstić information content (AvgIpc) is 2.57. The summed E-state index contributed by atoms with van der Waals surface area (Å²) in [4.78, 5) is 17.6. The molecule has 1 aromatic rings. The molecule has 0 radical (unpaired) electrons. The Bertz CT molecular complexity index is 623. The molecule has 0 aliphatic carbocycles. The number of amides is 1. The van der Waals surface area contributed by atoms with Crippen LogP contribution in [0.1, 0.15) is 25.3 Å². The summed E-state index contributed by atoms with van der Waals surface area (Å²) in [7, 11) is 0. The van der Waals surface area contributed by atoms with Gasteiger partial charge in [-0.15, -0.1) is 24.0 Å². The van der Waals surface area contributed by atoms with E-state index in [1.165, 1.54) is 6.07 Å². The molecule has 0 aromatic heterocycles. The number of hydrogen-bond donors (Lipinski definition) is 3. The van der Waals surface area contributed by atoms with E-state index in [4.69, 9.17) is 5.73 Å².